The van der Waals surface area contributed by atoms with E-state index >= 15 is 0 Å². The summed E-state index contributed by atoms with van der Waals surface area (Å²) < 4.78 is 0.990. The van der Waals surface area contributed by atoms with Crippen LogP contribution in [0.4, 0.5) is 5.82 Å². The Morgan fingerprint density at radius 1 is 1.36 bits per heavy atom. The van der Waals surface area contributed by atoms with Crippen LogP contribution in [0.2, 0.25) is 0 Å². The number of hydrazine groups is 1. The van der Waals surface area contributed by atoms with Crippen LogP contribution in [0.5, 0.6) is 0 Å². The third kappa shape index (κ3) is 1.58. The van der Waals surface area contributed by atoms with E-state index in [0.29, 0.717) is 5.82 Å². The number of hydrogen-bond acceptors (Lipinski definition) is 3. The number of anilines is 1. The highest BCUT2D eigenvalue weighted by Crippen LogP contribution is 2.25. The van der Waals surface area contributed by atoms with Crippen molar-refractivity contribution in [2.75, 3.05) is 5.43 Å². The van der Waals surface area contributed by atoms with E-state index in [-0.39, 0.29) is 0 Å². The molecule has 0 radical (unpaired) electrons. The molecule has 0 atom stereocenters. The van der Waals surface area contributed by atoms with Crippen molar-refractivity contribution in [2.45, 2.75) is 6.92 Å². The Kier molecular flexibility index (Phi) is 2.39. The largest absolute Gasteiger partial charge is 0.308 e. The molecule has 0 aliphatic carbocycles. The maximum absolute atomic E-state index is 5.29. The lowest BCUT2D eigenvalue weighted by Gasteiger charge is -2.04. The first-order valence-corrected chi connectivity index (χ1v) is 5.03. The number of aromatic nitrogens is 1. The molecule has 4 heteroatoms. The fourth-order valence-corrected chi connectivity index (χ4v) is 2.09. The van der Waals surface area contributed by atoms with Crippen molar-refractivity contribution in [3.63, 3.8) is 0 Å². The second-order valence-corrected chi connectivity index (χ2v) is 4.01. The zero-order chi connectivity index (χ0) is 10.1. The monoisotopic (exact) mass is 251 g/mol. The lowest BCUT2D eigenvalue weighted by Crippen LogP contribution is -2.08. The van der Waals surface area contributed by atoms with Crippen LogP contribution in [-0.2, 0) is 0 Å². The third-order valence-corrected chi connectivity index (χ3v) is 2.64. The molecule has 0 fully saturated rings. The summed E-state index contributed by atoms with van der Waals surface area (Å²) >= 11 is 3.48. The average Bonchev–Trinajstić information content (AvgIpc) is 2.17. The van der Waals surface area contributed by atoms with Gasteiger partial charge in [0.05, 0.1) is 5.52 Å². The summed E-state index contributed by atoms with van der Waals surface area (Å²) in [6, 6.07) is 7.98. The summed E-state index contributed by atoms with van der Waals surface area (Å²) in [4.78, 5) is 4.35. The van der Waals surface area contributed by atoms with E-state index in [9.17, 15) is 0 Å². The van der Waals surface area contributed by atoms with Crippen molar-refractivity contribution in [3.8, 4) is 0 Å². The van der Waals surface area contributed by atoms with Gasteiger partial charge in [0.2, 0.25) is 0 Å². The van der Waals surface area contributed by atoms with Gasteiger partial charge in [0.15, 0.2) is 0 Å². The first-order chi connectivity index (χ1) is 6.70. The summed E-state index contributed by atoms with van der Waals surface area (Å²) in [7, 11) is 0. The van der Waals surface area contributed by atoms with Crippen LogP contribution in [0.1, 0.15) is 5.56 Å². The molecule has 3 N–H and O–H groups in total. The molecule has 0 aliphatic rings. The summed E-state index contributed by atoms with van der Waals surface area (Å²) in [6.07, 6.45) is 0. The number of nitrogens with two attached hydrogens (primary N) is 1. The Morgan fingerprint density at radius 3 is 2.86 bits per heavy atom. The molecule has 0 saturated carbocycles. The number of nitrogens with one attached hydrogen (secondary N) is 1. The van der Waals surface area contributed by atoms with Crippen LogP contribution >= 0.6 is 15.9 Å². The van der Waals surface area contributed by atoms with Gasteiger partial charge in [-0.25, -0.2) is 10.8 Å². The van der Waals surface area contributed by atoms with Gasteiger partial charge in [-0.2, -0.15) is 0 Å². The van der Waals surface area contributed by atoms with Gasteiger partial charge in [0, 0.05) is 9.86 Å². The molecule has 0 spiro atoms. The quantitative estimate of drug-likeness (QED) is 0.605. The van der Waals surface area contributed by atoms with E-state index < -0.39 is 0 Å². The molecule has 1 aromatic heterocycles. The molecule has 0 aliphatic heterocycles. The average molecular weight is 252 g/mol. The zero-order valence-corrected chi connectivity index (χ0v) is 9.30. The lowest BCUT2D eigenvalue weighted by molar-refractivity contribution is 1.26. The number of nitrogen functional groups attached to an aromatic ring is 1. The molecule has 0 amide bonds. The molecule has 0 bridgehead atoms. The predicted molar refractivity (Wildman–Crippen MR) is 62.0 cm³/mol. The number of hydrogen-bond donors (Lipinski definition) is 2. The van der Waals surface area contributed by atoms with E-state index in [1.165, 1.54) is 5.56 Å². The van der Waals surface area contributed by atoms with Crippen molar-refractivity contribution < 1.29 is 0 Å². The van der Waals surface area contributed by atoms with Crippen molar-refractivity contribution in [2.24, 2.45) is 5.84 Å². The fraction of sp³-hybridized carbons (Fsp3) is 0.100. The van der Waals surface area contributed by atoms with Gasteiger partial charge >= 0.3 is 0 Å². The van der Waals surface area contributed by atoms with Crippen molar-refractivity contribution >= 4 is 32.7 Å². The smallest absolute Gasteiger partial charge is 0.140 e. The molecule has 1 heterocycles. The Balaban J connectivity index is 2.75. The highest BCUT2D eigenvalue weighted by molar-refractivity contribution is 9.10. The van der Waals surface area contributed by atoms with Gasteiger partial charge in [-0.05, 0) is 52.7 Å². The van der Waals surface area contributed by atoms with Gasteiger partial charge in [-0.3, -0.25) is 0 Å². The van der Waals surface area contributed by atoms with E-state index in [1.807, 2.05) is 18.2 Å². The number of halogens is 1. The first kappa shape index (κ1) is 9.43. The minimum atomic E-state index is 0.669. The second-order valence-electron chi connectivity index (χ2n) is 3.16. The molecule has 0 saturated heterocycles. The third-order valence-electron chi connectivity index (χ3n) is 2.04. The molecular weight excluding hydrogens is 242 g/mol. The van der Waals surface area contributed by atoms with Gasteiger partial charge in [-0.1, -0.05) is 0 Å². The highest BCUT2D eigenvalue weighted by atomic mass is 79.9. The van der Waals surface area contributed by atoms with Crippen LogP contribution in [-0.4, -0.2) is 4.98 Å². The van der Waals surface area contributed by atoms with Crippen LogP contribution in [0.15, 0.2) is 28.7 Å². The van der Waals surface area contributed by atoms with E-state index in [0.717, 1.165) is 15.4 Å². The van der Waals surface area contributed by atoms with E-state index in [4.69, 9.17) is 5.84 Å². The molecular formula is C10H10BrN3. The van der Waals surface area contributed by atoms with Crippen LogP contribution in [0.25, 0.3) is 10.9 Å². The lowest BCUT2D eigenvalue weighted by atomic mass is 10.1. The standard InChI is InChI=1S/C10H10BrN3/c1-6-4-7-2-3-9(14-12)13-10(7)8(11)5-6/h2-5H,12H2,1H3,(H,13,14). The Hall–Kier alpha value is -1.13. The number of nitrogens with zero attached hydrogens (tertiary/aromatic N) is 1. The molecule has 1 aromatic carbocycles. The fourth-order valence-electron chi connectivity index (χ4n) is 1.41. The van der Waals surface area contributed by atoms with Gasteiger partial charge in [0.25, 0.3) is 0 Å². The molecule has 3 nitrogen and oxygen atoms in total. The summed E-state index contributed by atoms with van der Waals surface area (Å²) in [5.41, 5.74) is 4.66. The summed E-state index contributed by atoms with van der Waals surface area (Å²) in [5, 5.41) is 1.11. The van der Waals surface area contributed by atoms with E-state index in [1.54, 1.807) is 0 Å². The van der Waals surface area contributed by atoms with Crippen molar-refractivity contribution in [1.29, 1.82) is 0 Å². The molecule has 0 unspecified atom stereocenters. The van der Waals surface area contributed by atoms with Gasteiger partial charge in [0.1, 0.15) is 5.82 Å². The van der Waals surface area contributed by atoms with Crippen LogP contribution in [0.3, 0.4) is 0 Å². The number of rotatable bonds is 1. The zero-order valence-electron chi connectivity index (χ0n) is 7.71. The van der Waals surface area contributed by atoms with Gasteiger partial charge < -0.3 is 5.43 Å². The topological polar surface area (TPSA) is 50.9 Å². The maximum atomic E-state index is 5.29. The van der Waals surface area contributed by atoms with Crippen LogP contribution < -0.4 is 11.3 Å². The molecule has 72 valence electrons. The van der Waals surface area contributed by atoms with E-state index in [2.05, 4.69) is 39.3 Å². The summed E-state index contributed by atoms with van der Waals surface area (Å²) in [6.45, 7) is 2.05. The summed E-state index contributed by atoms with van der Waals surface area (Å²) in [5.74, 6) is 5.96. The Morgan fingerprint density at radius 2 is 2.14 bits per heavy atom. The van der Waals surface area contributed by atoms with Crippen molar-refractivity contribution in [1.82, 2.24) is 4.98 Å². The normalized spacial score (nSPS) is 10.5. The van der Waals surface area contributed by atoms with Crippen molar-refractivity contribution in [3.05, 3.63) is 34.3 Å². The maximum Gasteiger partial charge on any atom is 0.140 e. The first-order valence-electron chi connectivity index (χ1n) is 4.24. The Bertz CT molecular complexity index is 482. The highest BCUT2D eigenvalue weighted by Gasteiger charge is 2.02. The number of pyridine rings is 1. The van der Waals surface area contributed by atoms with Crippen LogP contribution in [0, 0.1) is 6.92 Å². The Labute approximate surface area is 90.4 Å². The van der Waals surface area contributed by atoms with Gasteiger partial charge in [-0.15, -0.1) is 0 Å². The molecule has 2 rings (SSSR count). The minimum absolute atomic E-state index is 0.669. The molecule has 14 heavy (non-hydrogen) atoms. The SMILES string of the molecule is Cc1cc(Br)c2nc(NN)ccc2c1. The number of fused-ring (bicyclic) bond motifs is 1. The minimum Gasteiger partial charge on any atom is -0.308 e. The predicted octanol–water partition coefficient (Wildman–Crippen LogP) is 2.59. The molecule has 2 aromatic rings. The number of aryl methyl sites for hydroxylation is 1. The second kappa shape index (κ2) is 3.55. The number of benzene rings is 1.